The predicted octanol–water partition coefficient (Wildman–Crippen LogP) is 4.98. The van der Waals surface area contributed by atoms with E-state index in [0.29, 0.717) is 21.4 Å². The van der Waals surface area contributed by atoms with Crippen LogP contribution in [-0.2, 0) is 0 Å². The predicted molar refractivity (Wildman–Crippen MR) is 84.5 cm³/mol. The molecule has 0 saturated carbocycles. The van der Waals surface area contributed by atoms with E-state index in [1.54, 1.807) is 25.3 Å². The Labute approximate surface area is 132 Å². The molecule has 0 radical (unpaired) electrons. The Bertz CT molecular complexity index is 612. The third kappa shape index (κ3) is 3.92. The molecule has 5 heteroatoms. The SMILES string of the molecule is COc1ccc(SCC(=O)c2cc(Cl)ccc2Cl)cc1. The van der Waals surface area contributed by atoms with Crippen LogP contribution in [0.3, 0.4) is 0 Å². The number of carbonyl (C=O) groups is 1. The van der Waals surface area contributed by atoms with Gasteiger partial charge in [0.1, 0.15) is 5.75 Å². The number of ether oxygens (including phenoxy) is 1. The van der Waals surface area contributed by atoms with Gasteiger partial charge in [-0.1, -0.05) is 23.2 Å². The fraction of sp³-hybridized carbons (Fsp3) is 0.133. The number of thioether (sulfide) groups is 1. The molecule has 2 aromatic rings. The van der Waals surface area contributed by atoms with Crippen molar-refractivity contribution in [1.82, 2.24) is 0 Å². The molecule has 2 aromatic carbocycles. The van der Waals surface area contributed by atoms with Crippen LogP contribution >= 0.6 is 35.0 Å². The van der Waals surface area contributed by atoms with Gasteiger partial charge in [-0.3, -0.25) is 4.79 Å². The van der Waals surface area contributed by atoms with Crippen LogP contribution in [0, 0.1) is 0 Å². The first kappa shape index (κ1) is 15.2. The molecule has 20 heavy (non-hydrogen) atoms. The molecule has 0 atom stereocenters. The largest absolute Gasteiger partial charge is 0.497 e. The van der Waals surface area contributed by atoms with Crippen molar-refractivity contribution in [1.29, 1.82) is 0 Å². The van der Waals surface area contributed by atoms with Crippen molar-refractivity contribution in [3.05, 3.63) is 58.1 Å². The van der Waals surface area contributed by atoms with Gasteiger partial charge in [-0.25, -0.2) is 0 Å². The highest BCUT2D eigenvalue weighted by Gasteiger charge is 2.11. The summed E-state index contributed by atoms with van der Waals surface area (Å²) in [7, 11) is 1.62. The molecule has 0 unspecified atom stereocenters. The molecule has 104 valence electrons. The van der Waals surface area contributed by atoms with Gasteiger partial charge in [-0.2, -0.15) is 0 Å². The van der Waals surface area contributed by atoms with E-state index in [9.17, 15) is 4.79 Å². The summed E-state index contributed by atoms with van der Waals surface area (Å²) in [5.74, 6) is 1.06. The number of hydrogen-bond donors (Lipinski definition) is 0. The van der Waals surface area contributed by atoms with Crippen LogP contribution in [0.15, 0.2) is 47.4 Å². The van der Waals surface area contributed by atoms with E-state index in [1.165, 1.54) is 11.8 Å². The topological polar surface area (TPSA) is 26.3 Å². The van der Waals surface area contributed by atoms with Gasteiger partial charge in [0.05, 0.1) is 17.9 Å². The second-order valence-electron chi connectivity index (χ2n) is 4.01. The average Bonchev–Trinajstić information content (AvgIpc) is 2.47. The molecule has 0 aromatic heterocycles. The van der Waals surface area contributed by atoms with E-state index in [0.717, 1.165) is 10.6 Å². The maximum Gasteiger partial charge on any atom is 0.174 e. The lowest BCUT2D eigenvalue weighted by Crippen LogP contribution is -2.03. The van der Waals surface area contributed by atoms with Gasteiger partial charge in [0.25, 0.3) is 0 Å². The Hall–Kier alpha value is -1.16. The summed E-state index contributed by atoms with van der Waals surface area (Å²) in [6.07, 6.45) is 0. The first-order chi connectivity index (χ1) is 9.60. The summed E-state index contributed by atoms with van der Waals surface area (Å²) in [5.41, 5.74) is 0.458. The third-order valence-corrected chi connectivity index (χ3v) is 4.23. The molecule has 0 spiro atoms. The van der Waals surface area contributed by atoms with Crippen LogP contribution in [0.25, 0.3) is 0 Å². The first-order valence-corrected chi connectivity index (χ1v) is 7.59. The maximum atomic E-state index is 12.1. The minimum atomic E-state index is -0.0432. The normalized spacial score (nSPS) is 10.3. The Morgan fingerprint density at radius 3 is 2.50 bits per heavy atom. The number of benzene rings is 2. The molecule has 0 aliphatic rings. The third-order valence-electron chi connectivity index (χ3n) is 2.66. The quantitative estimate of drug-likeness (QED) is 0.572. The summed E-state index contributed by atoms with van der Waals surface area (Å²) in [5, 5.41) is 0.932. The van der Waals surface area contributed by atoms with Crippen LogP contribution in [0.1, 0.15) is 10.4 Å². The van der Waals surface area contributed by atoms with Crippen molar-refractivity contribution in [2.24, 2.45) is 0 Å². The zero-order valence-corrected chi connectivity index (χ0v) is 13.1. The summed E-state index contributed by atoms with van der Waals surface area (Å²) < 4.78 is 5.08. The monoisotopic (exact) mass is 326 g/mol. The fourth-order valence-electron chi connectivity index (χ4n) is 1.61. The average molecular weight is 327 g/mol. The summed E-state index contributed by atoms with van der Waals surface area (Å²) in [4.78, 5) is 13.1. The number of hydrogen-bond acceptors (Lipinski definition) is 3. The molecule has 0 heterocycles. The van der Waals surface area contributed by atoms with Gasteiger partial charge in [0, 0.05) is 15.5 Å². The Morgan fingerprint density at radius 1 is 1.15 bits per heavy atom. The Kier molecular flexibility index (Phi) is 5.35. The van der Waals surface area contributed by atoms with E-state index < -0.39 is 0 Å². The minimum absolute atomic E-state index is 0.0432. The van der Waals surface area contributed by atoms with Crippen molar-refractivity contribution >= 4 is 40.7 Å². The smallest absolute Gasteiger partial charge is 0.174 e. The van der Waals surface area contributed by atoms with E-state index in [2.05, 4.69) is 0 Å². The van der Waals surface area contributed by atoms with Crippen LogP contribution in [0.4, 0.5) is 0 Å². The highest BCUT2D eigenvalue weighted by Crippen LogP contribution is 2.25. The van der Waals surface area contributed by atoms with Crippen molar-refractivity contribution in [3.63, 3.8) is 0 Å². The standard InChI is InChI=1S/C15H12Cl2O2S/c1-19-11-3-5-12(6-4-11)20-9-15(18)13-8-10(16)2-7-14(13)17/h2-8H,9H2,1H3. The molecule has 2 nitrogen and oxygen atoms in total. The van der Waals surface area contributed by atoms with Gasteiger partial charge in [-0.15, -0.1) is 11.8 Å². The summed E-state index contributed by atoms with van der Waals surface area (Å²) in [6.45, 7) is 0. The second kappa shape index (κ2) is 7.02. The zero-order chi connectivity index (χ0) is 14.5. The lowest BCUT2D eigenvalue weighted by atomic mass is 10.1. The summed E-state index contributed by atoms with van der Waals surface area (Å²) >= 11 is 13.3. The Balaban J connectivity index is 2.02. The minimum Gasteiger partial charge on any atom is -0.497 e. The van der Waals surface area contributed by atoms with E-state index in [-0.39, 0.29) is 5.78 Å². The van der Waals surface area contributed by atoms with Crippen LogP contribution < -0.4 is 4.74 Å². The maximum absolute atomic E-state index is 12.1. The summed E-state index contributed by atoms with van der Waals surface area (Å²) in [6, 6.07) is 12.4. The number of ketones is 1. The molecule has 0 aliphatic heterocycles. The molecule has 0 N–H and O–H groups in total. The van der Waals surface area contributed by atoms with E-state index in [1.807, 2.05) is 24.3 Å². The van der Waals surface area contributed by atoms with Gasteiger partial charge in [0.15, 0.2) is 5.78 Å². The highest BCUT2D eigenvalue weighted by atomic mass is 35.5. The van der Waals surface area contributed by atoms with Gasteiger partial charge in [0.2, 0.25) is 0 Å². The van der Waals surface area contributed by atoms with E-state index >= 15 is 0 Å². The van der Waals surface area contributed by atoms with Crippen LogP contribution in [-0.4, -0.2) is 18.6 Å². The molecule has 0 saturated heterocycles. The van der Waals surface area contributed by atoms with Crippen LogP contribution in [0.2, 0.25) is 10.0 Å². The van der Waals surface area contributed by atoms with E-state index in [4.69, 9.17) is 27.9 Å². The zero-order valence-electron chi connectivity index (χ0n) is 10.7. The number of rotatable bonds is 5. The van der Waals surface area contributed by atoms with Crippen molar-refractivity contribution < 1.29 is 9.53 Å². The lowest BCUT2D eigenvalue weighted by Gasteiger charge is -2.05. The van der Waals surface area contributed by atoms with Gasteiger partial charge >= 0.3 is 0 Å². The molecule has 0 fully saturated rings. The lowest BCUT2D eigenvalue weighted by molar-refractivity contribution is 0.102. The molecule has 0 bridgehead atoms. The number of methoxy groups -OCH3 is 1. The van der Waals surface area contributed by atoms with Crippen molar-refractivity contribution in [3.8, 4) is 5.75 Å². The fourth-order valence-corrected chi connectivity index (χ4v) is 2.79. The molecule has 2 rings (SSSR count). The first-order valence-electron chi connectivity index (χ1n) is 5.85. The number of carbonyl (C=O) groups excluding carboxylic acids is 1. The van der Waals surface area contributed by atoms with Crippen molar-refractivity contribution in [2.45, 2.75) is 4.90 Å². The number of halogens is 2. The van der Waals surface area contributed by atoms with Crippen LogP contribution in [0.5, 0.6) is 5.75 Å². The molecule has 0 aliphatic carbocycles. The van der Waals surface area contributed by atoms with Gasteiger partial charge in [-0.05, 0) is 42.5 Å². The Morgan fingerprint density at radius 2 is 1.85 bits per heavy atom. The molecular formula is C15H12Cl2O2S. The number of Topliss-reactive ketones (excluding diaryl/α,β-unsaturated/α-hetero) is 1. The van der Waals surface area contributed by atoms with Gasteiger partial charge < -0.3 is 4.74 Å². The molecular weight excluding hydrogens is 315 g/mol. The highest BCUT2D eigenvalue weighted by molar-refractivity contribution is 8.00. The second-order valence-corrected chi connectivity index (χ2v) is 5.90. The van der Waals surface area contributed by atoms with Crippen molar-refractivity contribution in [2.75, 3.05) is 12.9 Å². The molecule has 0 amide bonds.